The smallest absolute Gasteiger partial charge is 0.321 e. The predicted octanol–water partition coefficient (Wildman–Crippen LogP) is 6.20. The van der Waals surface area contributed by atoms with Crippen molar-refractivity contribution < 1.29 is 9.59 Å². The van der Waals surface area contributed by atoms with Gasteiger partial charge in [0.25, 0.3) is 0 Å². The molecular formula is C27H29N5O2S2. The molecule has 1 atom stereocenters. The molecular weight excluding hydrogens is 490 g/mol. The second kappa shape index (κ2) is 10.8. The van der Waals surface area contributed by atoms with Gasteiger partial charge < -0.3 is 15.1 Å². The first-order valence-electron chi connectivity index (χ1n) is 12.3. The summed E-state index contributed by atoms with van der Waals surface area (Å²) in [6.45, 7) is 6.46. The highest BCUT2D eigenvalue weighted by molar-refractivity contribution is 7.14. The van der Waals surface area contributed by atoms with Crippen LogP contribution in [0.15, 0.2) is 53.2 Å². The van der Waals surface area contributed by atoms with Gasteiger partial charge in [-0.2, -0.15) is 0 Å². The van der Waals surface area contributed by atoms with Crippen LogP contribution < -0.4 is 5.32 Å². The Bertz CT molecular complexity index is 1350. The minimum absolute atomic E-state index is 0.140. The highest BCUT2D eigenvalue weighted by Crippen LogP contribution is 2.35. The third-order valence-corrected chi connectivity index (χ3v) is 8.31. The van der Waals surface area contributed by atoms with E-state index in [0.717, 1.165) is 45.0 Å². The van der Waals surface area contributed by atoms with Crippen molar-refractivity contribution in [1.82, 2.24) is 19.8 Å². The van der Waals surface area contributed by atoms with E-state index in [1.807, 2.05) is 59.8 Å². The quantitative estimate of drug-likeness (QED) is 0.329. The van der Waals surface area contributed by atoms with E-state index in [1.165, 1.54) is 0 Å². The number of rotatable bonds is 6. The van der Waals surface area contributed by atoms with Crippen molar-refractivity contribution in [2.24, 2.45) is 5.92 Å². The van der Waals surface area contributed by atoms with Crippen LogP contribution in [0.4, 0.5) is 10.5 Å². The van der Waals surface area contributed by atoms with Gasteiger partial charge in [0.05, 0.1) is 26.7 Å². The molecule has 1 fully saturated rings. The molecule has 186 valence electrons. The second-order valence-electron chi connectivity index (χ2n) is 8.80. The maximum Gasteiger partial charge on any atom is 0.321 e. The monoisotopic (exact) mass is 519 g/mol. The summed E-state index contributed by atoms with van der Waals surface area (Å²) >= 11 is 3.27. The van der Waals surface area contributed by atoms with Crippen molar-refractivity contribution >= 4 is 51.3 Å². The molecule has 7 nitrogen and oxygen atoms in total. The van der Waals surface area contributed by atoms with Crippen molar-refractivity contribution in [3.05, 3.63) is 53.2 Å². The van der Waals surface area contributed by atoms with Crippen LogP contribution in [0, 0.1) is 5.92 Å². The molecule has 4 aromatic rings. The lowest BCUT2D eigenvalue weighted by atomic mass is 9.96. The Morgan fingerprint density at radius 3 is 2.28 bits per heavy atom. The number of amides is 3. The van der Waals surface area contributed by atoms with Gasteiger partial charge >= 0.3 is 6.03 Å². The highest BCUT2D eigenvalue weighted by Gasteiger charge is 2.30. The molecule has 9 heteroatoms. The summed E-state index contributed by atoms with van der Waals surface area (Å²) in [6, 6.07) is 13.6. The molecule has 0 radical (unpaired) electrons. The van der Waals surface area contributed by atoms with Gasteiger partial charge in [0.15, 0.2) is 0 Å². The number of fused-ring (bicyclic) bond motifs is 1. The molecule has 0 aliphatic carbocycles. The molecule has 36 heavy (non-hydrogen) atoms. The zero-order chi connectivity index (χ0) is 25.1. The minimum Gasteiger partial charge on any atom is -0.343 e. The van der Waals surface area contributed by atoms with Gasteiger partial charge in [-0.15, -0.1) is 22.7 Å². The molecule has 0 saturated carbocycles. The maximum atomic E-state index is 13.1. The lowest BCUT2D eigenvalue weighted by Gasteiger charge is -2.34. The molecule has 4 heterocycles. The van der Waals surface area contributed by atoms with Crippen LogP contribution in [0.2, 0.25) is 0 Å². The van der Waals surface area contributed by atoms with Crippen LogP contribution in [-0.4, -0.2) is 57.9 Å². The Balaban J connectivity index is 1.38. The number of thiophene rings is 2. The standard InChI is InChI=1S/C27H29N5O2S2/c1-3-31(4-2)26(33)18-8-5-13-32(17-18)27(34)28-19-11-12-20-21(16-19)30-25(23-10-7-15-36-23)24(29-20)22-9-6-14-35-22/h6-7,9-12,14-16,18H,3-5,8,13,17H2,1-2H3,(H,28,34)/t18-/m0/s1. The maximum absolute atomic E-state index is 13.1. The summed E-state index contributed by atoms with van der Waals surface area (Å²) in [6.07, 6.45) is 1.65. The molecule has 3 aromatic heterocycles. The fourth-order valence-electron chi connectivity index (χ4n) is 4.66. The van der Waals surface area contributed by atoms with Gasteiger partial charge in [-0.3, -0.25) is 4.79 Å². The average molecular weight is 520 g/mol. The summed E-state index contributed by atoms with van der Waals surface area (Å²) in [7, 11) is 0. The summed E-state index contributed by atoms with van der Waals surface area (Å²) in [4.78, 5) is 41.6. The minimum atomic E-state index is -0.187. The van der Waals surface area contributed by atoms with Crippen molar-refractivity contribution in [2.75, 3.05) is 31.5 Å². The van der Waals surface area contributed by atoms with Crippen molar-refractivity contribution in [2.45, 2.75) is 26.7 Å². The Morgan fingerprint density at radius 2 is 1.67 bits per heavy atom. The lowest BCUT2D eigenvalue weighted by molar-refractivity contribution is -0.136. The third-order valence-electron chi connectivity index (χ3n) is 6.56. The molecule has 0 unspecified atom stereocenters. The first-order valence-corrected chi connectivity index (χ1v) is 14.1. The summed E-state index contributed by atoms with van der Waals surface area (Å²) in [5.74, 6) is -0.00275. The molecule has 1 aromatic carbocycles. The Labute approximate surface area is 218 Å². The SMILES string of the molecule is CCN(CC)C(=O)[C@H]1CCCN(C(=O)Nc2ccc3nc(-c4cccs4)c(-c4cccs4)nc3c2)C1. The molecule has 1 N–H and O–H groups in total. The Hall–Kier alpha value is -3.30. The number of hydrogen-bond acceptors (Lipinski definition) is 6. The number of aromatic nitrogens is 2. The number of carbonyl (C=O) groups is 2. The number of urea groups is 1. The summed E-state index contributed by atoms with van der Waals surface area (Å²) in [5, 5.41) is 7.09. The fourth-order valence-corrected chi connectivity index (χ4v) is 6.09. The molecule has 0 bridgehead atoms. The van der Waals surface area contributed by atoms with Crippen molar-refractivity contribution in [1.29, 1.82) is 0 Å². The number of piperidine rings is 1. The second-order valence-corrected chi connectivity index (χ2v) is 10.7. The van der Waals surface area contributed by atoms with Crippen LogP contribution >= 0.6 is 22.7 Å². The number of nitrogens with one attached hydrogen (secondary N) is 1. The molecule has 1 aliphatic heterocycles. The molecule has 5 rings (SSSR count). The Morgan fingerprint density at radius 1 is 1.00 bits per heavy atom. The lowest BCUT2D eigenvalue weighted by Crippen LogP contribution is -2.47. The third kappa shape index (κ3) is 4.99. The summed E-state index contributed by atoms with van der Waals surface area (Å²) in [5.41, 5.74) is 3.88. The zero-order valence-corrected chi connectivity index (χ0v) is 22.1. The number of anilines is 1. The number of carbonyl (C=O) groups excluding carboxylic acids is 2. The number of nitrogens with zero attached hydrogens (tertiary/aromatic N) is 4. The van der Waals surface area contributed by atoms with Crippen LogP contribution in [0.25, 0.3) is 32.2 Å². The van der Waals surface area contributed by atoms with E-state index >= 15 is 0 Å². The first-order chi connectivity index (χ1) is 17.6. The normalized spacial score (nSPS) is 15.7. The van der Waals surface area contributed by atoms with Gasteiger partial charge in [0.1, 0.15) is 11.4 Å². The first kappa shape index (κ1) is 24.4. The number of hydrogen-bond donors (Lipinski definition) is 1. The van der Waals surface area contributed by atoms with E-state index < -0.39 is 0 Å². The van der Waals surface area contributed by atoms with Crippen LogP contribution in [0.5, 0.6) is 0 Å². The highest BCUT2D eigenvalue weighted by atomic mass is 32.1. The van der Waals surface area contributed by atoms with Gasteiger partial charge in [0, 0.05) is 31.9 Å². The van der Waals surface area contributed by atoms with Crippen molar-refractivity contribution in [3.63, 3.8) is 0 Å². The van der Waals surface area contributed by atoms with Crippen molar-refractivity contribution in [3.8, 4) is 21.1 Å². The Kier molecular flexibility index (Phi) is 7.29. The fraction of sp³-hybridized carbons (Fsp3) is 0.333. The predicted molar refractivity (Wildman–Crippen MR) is 147 cm³/mol. The van der Waals surface area contributed by atoms with Crippen LogP contribution in [0.3, 0.4) is 0 Å². The number of likely N-dealkylation sites (tertiary alicyclic amines) is 1. The molecule has 0 spiro atoms. The average Bonchev–Trinajstić information content (AvgIpc) is 3.63. The molecule has 1 saturated heterocycles. The van der Waals surface area contributed by atoms with E-state index in [9.17, 15) is 9.59 Å². The van der Waals surface area contributed by atoms with Gasteiger partial charge in [0.2, 0.25) is 5.91 Å². The van der Waals surface area contributed by atoms with E-state index in [2.05, 4.69) is 17.4 Å². The van der Waals surface area contributed by atoms with Crippen LogP contribution in [-0.2, 0) is 4.79 Å². The topological polar surface area (TPSA) is 78.4 Å². The van der Waals surface area contributed by atoms with E-state index in [0.29, 0.717) is 31.9 Å². The largest absolute Gasteiger partial charge is 0.343 e. The van der Waals surface area contributed by atoms with Gasteiger partial charge in [-0.05, 0) is 67.8 Å². The van der Waals surface area contributed by atoms with E-state index in [1.54, 1.807) is 27.6 Å². The molecule has 3 amide bonds. The van der Waals surface area contributed by atoms with E-state index in [4.69, 9.17) is 9.97 Å². The van der Waals surface area contributed by atoms with E-state index in [-0.39, 0.29) is 17.9 Å². The van der Waals surface area contributed by atoms with Gasteiger partial charge in [-0.25, -0.2) is 14.8 Å². The van der Waals surface area contributed by atoms with Crippen LogP contribution in [0.1, 0.15) is 26.7 Å². The number of benzene rings is 1. The zero-order valence-electron chi connectivity index (χ0n) is 20.4. The summed E-state index contributed by atoms with van der Waals surface area (Å²) < 4.78 is 0. The van der Waals surface area contributed by atoms with Gasteiger partial charge in [-0.1, -0.05) is 12.1 Å². The molecule has 1 aliphatic rings.